The molecule has 0 saturated carbocycles. The van der Waals surface area contributed by atoms with E-state index in [9.17, 15) is 9.59 Å². The third-order valence-electron chi connectivity index (χ3n) is 3.76. The van der Waals surface area contributed by atoms with Crippen molar-refractivity contribution in [2.24, 2.45) is 0 Å². The van der Waals surface area contributed by atoms with Gasteiger partial charge in [0.25, 0.3) is 0 Å². The lowest BCUT2D eigenvalue weighted by molar-refractivity contribution is -0.117. The molecule has 1 saturated heterocycles. The lowest BCUT2D eigenvalue weighted by atomic mass is 10.2. The minimum Gasteiger partial charge on any atom is -0.382 e. The Labute approximate surface area is 137 Å². The van der Waals surface area contributed by atoms with Crippen LogP contribution in [0.25, 0.3) is 0 Å². The number of benzene rings is 1. The molecular weight excluding hydrogens is 294 g/mol. The highest BCUT2D eigenvalue weighted by atomic mass is 16.5. The fourth-order valence-electron chi connectivity index (χ4n) is 2.54. The minimum absolute atomic E-state index is 0.0375. The van der Waals surface area contributed by atoms with Crippen LogP contribution in [0.4, 0.5) is 10.5 Å². The van der Waals surface area contributed by atoms with Crippen LogP contribution in [0.2, 0.25) is 0 Å². The van der Waals surface area contributed by atoms with E-state index in [0.29, 0.717) is 32.7 Å². The van der Waals surface area contributed by atoms with Gasteiger partial charge in [0, 0.05) is 38.4 Å². The molecule has 0 aliphatic carbocycles. The largest absolute Gasteiger partial charge is 0.382 e. The standard InChI is InChI=1S/C17H25N3O3/c1-3-23-10-4-9-18-17(22)19-14-11-16(21)20(12-14)15-7-5-13(2)6-8-15/h5-8,14H,3-4,9-12H2,1-2H3,(H2,18,19,22). The molecule has 1 heterocycles. The highest BCUT2D eigenvalue weighted by Crippen LogP contribution is 2.21. The first-order valence-corrected chi connectivity index (χ1v) is 8.09. The van der Waals surface area contributed by atoms with Crippen molar-refractivity contribution in [1.29, 1.82) is 0 Å². The summed E-state index contributed by atoms with van der Waals surface area (Å²) in [7, 11) is 0. The second-order valence-electron chi connectivity index (χ2n) is 5.69. The van der Waals surface area contributed by atoms with Crippen molar-refractivity contribution in [3.05, 3.63) is 29.8 Å². The van der Waals surface area contributed by atoms with Gasteiger partial charge in [-0.1, -0.05) is 17.7 Å². The lowest BCUT2D eigenvalue weighted by Gasteiger charge is -2.17. The van der Waals surface area contributed by atoms with Crippen LogP contribution in [0.15, 0.2) is 24.3 Å². The monoisotopic (exact) mass is 319 g/mol. The Bertz CT molecular complexity index is 530. The number of nitrogens with zero attached hydrogens (tertiary/aromatic N) is 1. The Morgan fingerprint density at radius 2 is 2.09 bits per heavy atom. The third kappa shape index (κ3) is 5.25. The summed E-state index contributed by atoms with van der Waals surface area (Å²) >= 11 is 0. The van der Waals surface area contributed by atoms with Crippen molar-refractivity contribution in [3.63, 3.8) is 0 Å². The first kappa shape index (κ1) is 17.3. The Hall–Kier alpha value is -2.08. The molecule has 0 radical (unpaired) electrons. The SMILES string of the molecule is CCOCCCNC(=O)NC1CC(=O)N(c2ccc(C)cc2)C1. The van der Waals surface area contributed by atoms with Crippen LogP contribution in [-0.2, 0) is 9.53 Å². The van der Waals surface area contributed by atoms with E-state index in [-0.39, 0.29) is 18.0 Å². The zero-order valence-electron chi connectivity index (χ0n) is 13.8. The third-order valence-corrected chi connectivity index (χ3v) is 3.76. The number of rotatable bonds is 7. The maximum Gasteiger partial charge on any atom is 0.315 e. The molecule has 0 spiro atoms. The lowest BCUT2D eigenvalue weighted by Crippen LogP contribution is -2.43. The van der Waals surface area contributed by atoms with Gasteiger partial charge in [-0.2, -0.15) is 0 Å². The molecule has 126 valence electrons. The van der Waals surface area contributed by atoms with Crippen molar-refractivity contribution in [2.75, 3.05) is 31.2 Å². The van der Waals surface area contributed by atoms with E-state index in [4.69, 9.17) is 4.74 Å². The molecule has 23 heavy (non-hydrogen) atoms. The van der Waals surface area contributed by atoms with Gasteiger partial charge in [-0.15, -0.1) is 0 Å². The predicted octanol–water partition coefficient (Wildman–Crippen LogP) is 1.83. The summed E-state index contributed by atoms with van der Waals surface area (Å²) in [6.45, 7) is 6.35. The van der Waals surface area contributed by atoms with E-state index in [1.54, 1.807) is 4.90 Å². The number of amides is 3. The normalized spacial score (nSPS) is 17.4. The number of ether oxygens (including phenoxy) is 1. The van der Waals surface area contributed by atoms with E-state index in [2.05, 4.69) is 10.6 Å². The second-order valence-corrected chi connectivity index (χ2v) is 5.69. The quantitative estimate of drug-likeness (QED) is 0.753. The Balaban J connectivity index is 1.76. The Morgan fingerprint density at radius 3 is 2.78 bits per heavy atom. The Kier molecular flexibility index (Phi) is 6.40. The number of carbonyl (C=O) groups excluding carboxylic acids is 2. The maximum absolute atomic E-state index is 12.1. The van der Waals surface area contributed by atoms with Crippen molar-refractivity contribution < 1.29 is 14.3 Å². The fourth-order valence-corrected chi connectivity index (χ4v) is 2.54. The highest BCUT2D eigenvalue weighted by Gasteiger charge is 2.31. The molecule has 1 atom stereocenters. The summed E-state index contributed by atoms with van der Waals surface area (Å²) in [5, 5.41) is 5.64. The summed E-state index contributed by atoms with van der Waals surface area (Å²) in [6.07, 6.45) is 1.11. The van der Waals surface area contributed by atoms with Gasteiger partial charge in [-0.05, 0) is 32.4 Å². The smallest absolute Gasteiger partial charge is 0.315 e. The average molecular weight is 319 g/mol. The van der Waals surface area contributed by atoms with Gasteiger partial charge in [-0.25, -0.2) is 4.79 Å². The molecular formula is C17H25N3O3. The van der Waals surface area contributed by atoms with Crippen LogP contribution in [0.5, 0.6) is 0 Å². The molecule has 1 aliphatic rings. The van der Waals surface area contributed by atoms with E-state index < -0.39 is 0 Å². The van der Waals surface area contributed by atoms with Gasteiger partial charge in [0.05, 0.1) is 6.04 Å². The van der Waals surface area contributed by atoms with Gasteiger partial charge in [0.2, 0.25) is 5.91 Å². The van der Waals surface area contributed by atoms with Gasteiger partial charge >= 0.3 is 6.03 Å². The van der Waals surface area contributed by atoms with Crippen LogP contribution in [-0.4, -0.2) is 44.3 Å². The van der Waals surface area contributed by atoms with E-state index >= 15 is 0 Å². The van der Waals surface area contributed by atoms with Crippen LogP contribution >= 0.6 is 0 Å². The topological polar surface area (TPSA) is 70.7 Å². The van der Waals surface area contributed by atoms with Gasteiger partial charge in [0.15, 0.2) is 0 Å². The summed E-state index contributed by atoms with van der Waals surface area (Å²) in [5.74, 6) is 0.0375. The van der Waals surface area contributed by atoms with E-state index in [1.807, 2.05) is 38.1 Å². The average Bonchev–Trinajstić information content (AvgIpc) is 2.88. The summed E-state index contributed by atoms with van der Waals surface area (Å²) < 4.78 is 5.21. The zero-order chi connectivity index (χ0) is 16.7. The number of carbonyl (C=O) groups is 2. The van der Waals surface area contributed by atoms with E-state index in [1.165, 1.54) is 0 Å². The van der Waals surface area contributed by atoms with Crippen molar-refractivity contribution in [2.45, 2.75) is 32.7 Å². The van der Waals surface area contributed by atoms with Gasteiger partial charge < -0.3 is 20.3 Å². The number of hydrogen-bond donors (Lipinski definition) is 2. The van der Waals surface area contributed by atoms with Crippen LogP contribution in [0.3, 0.4) is 0 Å². The molecule has 2 rings (SSSR count). The number of aryl methyl sites for hydroxylation is 1. The molecule has 0 aromatic heterocycles. The molecule has 6 nitrogen and oxygen atoms in total. The van der Waals surface area contributed by atoms with Gasteiger partial charge in [0.1, 0.15) is 0 Å². The molecule has 0 bridgehead atoms. The summed E-state index contributed by atoms with van der Waals surface area (Å²) in [4.78, 5) is 25.7. The van der Waals surface area contributed by atoms with Crippen LogP contribution < -0.4 is 15.5 Å². The number of urea groups is 1. The number of hydrogen-bond acceptors (Lipinski definition) is 3. The summed E-state index contributed by atoms with van der Waals surface area (Å²) in [6, 6.07) is 7.44. The molecule has 6 heteroatoms. The molecule has 1 aromatic rings. The molecule has 2 N–H and O–H groups in total. The molecule has 1 fully saturated rings. The van der Waals surface area contributed by atoms with Crippen molar-refractivity contribution in [1.82, 2.24) is 10.6 Å². The Morgan fingerprint density at radius 1 is 1.35 bits per heavy atom. The van der Waals surface area contributed by atoms with Crippen LogP contribution in [0.1, 0.15) is 25.3 Å². The van der Waals surface area contributed by atoms with Crippen molar-refractivity contribution in [3.8, 4) is 0 Å². The zero-order valence-corrected chi connectivity index (χ0v) is 13.8. The maximum atomic E-state index is 12.1. The van der Waals surface area contributed by atoms with Crippen molar-refractivity contribution >= 4 is 17.6 Å². The fraction of sp³-hybridized carbons (Fsp3) is 0.529. The first-order valence-electron chi connectivity index (χ1n) is 8.09. The molecule has 1 aromatic carbocycles. The van der Waals surface area contributed by atoms with E-state index in [0.717, 1.165) is 17.7 Å². The summed E-state index contributed by atoms with van der Waals surface area (Å²) in [5.41, 5.74) is 2.03. The number of anilines is 1. The number of nitrogens with one attached hydrogen (secondary N) is 2. The molecule has 1 aliphatic heterocycles. The predicted molar refractivity (Wildman–Crippen MR) is 89.6 cm³/mol. The van der Waals surface area contributed by atoms with Crippen LogP contribution in [0, 0.1) is 6.92 Å². The first-order chi connectivity index (χ1) is 11.1. The molecule has 1 unspecified atom stereocenters. The highest BCUT2D eigenvalue weighted by molar-refractivity contribution is 5.96. The minimum atomic E-state index is -0.231. The second kappa shape index (κ2) is 8.53. The molecule has 3 amide bonds. The van der Waals surface area contributed by atoms with Gasteiger partial charge in [-0.3, -0.25) is 4.79 Å².